The lowest BCUT2D eigenvalue weighted by Crippen LogP contribution is -2.36. The van der Waals surface area contributed by atoms with Gasteiger partial charge in [0.15, 0.2) is 46.0 Å². The molecular weight excluding hydrogens is 692 g/mol. The molecule has 54 heavy (non-hydrogen) atoms. The average Bonchev–Trinajstić information content (AvgIpc) is 3.69. The number of ether oxygens (including phenoxy) is 10. The zero-order valence-electron chi connectivity index (χ0n) is 32.5. The monoisotopic (exact) mass is 740 g/mol. The summed E-state index contributed by atoms with van der Waals surface area (Å²) in [4.78, 5) is 4.75. The SMILES string of the molecule is COc1cc(C[C@@H]2c3cc(OC)c4c(c3CCN2C)OCO4)c(Oc2cc3c(cc2OC)-c2c(OC)c(OC)c(OC)c4c2[C@H](C3)N(C)CC4)cc1OC. The van der Waals surface area contributed by atoms with Gasteiger partial charge in [-0.05, 0) is 86.3 Å². The standard InChI is InChI=1S/C42H48N2O10/c1-43-12-10-24-27(19-35(48-6)40-39(24)52-21-53-40)28(43)15-23-17-31(45-3)33(47-5)20-30(23)54-34-16-22-14-29-36-25(11-13-44(29)2)38(49-7)42(51-9)41(50-8)37(36)26(22)18-32(34)46-4/h16-20,28-29H,10-15,21H2,1-9H3/t28-,29+/m1/s1. The van der Waals surface area contributed by atoms with Gasteiger partial charge < -0.3 is 47.4 Å². The Morgan fingerprint density at radius 3 is 1.96 bits per heavy atom. The molecule has 0 spiro atoms. The van der Waals surface area contributed by atoms with Gasteiger partial charge in [-0.1, -0.05) is 0 Å². The topological polar surface area (TPSA) is 98.8 Å². The lowest BCUT2D eigenvalue weighted by molar-refractivity contribution is 0.169. The van der Waals surface area contributed by atoms with Crippen LogP contribution in [0.25, 0.3) is 11.1 Å². The molecule has 2 atom stereocenters. The molecule has 0 unspecified atom stereocenters. The molecule has 0 N–H and O–H groups in total. The van der Waals surface area contributed by atoms with Crippen LogP contribution in [0.2, 0.25) is 0 Å². The van der Waals surface area contributed by atoms with Crippen molar-refractivity contribution >= 4 is 0 Å². The maximum absolute atomic E-state index is 6.94. The molecule has 3 heterocycles. The summed E-state index contributed by atoms with van der Waals surface area (Å²) in [6, 6.07) is 10.2. The van der Waals surface area contributed by atoms with Gasteiger partial charge in [0.05, 0.1) is 49.8 Å². The Labute approximate surface area is 316 Å². The Kier molecular flexibility index (Phi) is 9.43. The second-order valence-electron chi connectivity index (χ2n) is 14.1. The van der Waals surface area contributed by atoms with Crippen LogP contribution < -0.4 is 47.4 Å². The molecule has 1 aliphatic carbocycles. The molecule has 0 bridgehead atoms. The lowest BCUT2D eigenvalue weighted by Gasteiger charge is -2.41. The molecule has 286 valence electrons. The van der Waals surface area contributed by atoms with Gasteiger partial charge in [0.2, 0.25) is 18.3 Å². The second kappa shape index (κ2) is 14.2. The van der Waals surface area contributed by atoms with Crippen LogP contribution in [0.1, 0.15) is 45.5 Å². The lowest BCUT2D eigenvalue weighted by atomic mass is 9.76. The van der Waals surface area contributed by atoms with Crippen LogP contribution in [0.5, 0.6) is 63.2 Å². The van der Waals surface area contributed by atoms with Crippen LogP contribution in [0, 0.1) is 0 Å². The van der Waals surface area contributed by atoms with Gasteiger partial charge in [0, 0.05) is 53.5 Å². The third-order valence-corrected chi connectivity index (χ3v) is 11.5. The van der Waals surface area contributed by atoms with Gasteiger partial charge in [0.25, 0.3) is 0 Å². The summed E-state index contributed by atoms with van der Waals surface area (Å²) in [5, 5.41) is 0. The van der Waals surface area contributed by atoms with E-state index in [0.717, 1.165) is 82.8 Å². The molecule has 4 aromatic rings. The van der Waals surface area contributed by atoms with Gasteiger partial charge in [-0.3, -0.25) is 9.80 Å². The van der Waals surface area contributed by atoms with Crippen molar-refractivity contribution in [3.8, 4) is 74.4 Å². The minimum atomic E-state index is -0.0185. The molecular formula is C42H48N2O10. The highest BCUT2D eigenvalue weighted by atomic mass is 16.7. The third-order valence-electron chi connectivity index (χ3n) is 11.5. The zero-order valence-corrected chi connectivity index (χ0v) is 32.5. The fourth-order valence-corrected chi connectivity index (χ4v) is 8.85. The first-order valence-electron chi connectivity index (χ1n) is 18.2. The van der Waals surface area contributed by atoms with Crippen LogP contribution in [0.3, 0.4) is 0 Å². The smallest absolute Gasteiger partial charge is 0.231 e. The summed E-state index contributed by atoms with van der Waals surface area (Å²) in [5.41, 5.74) is 8.70. The highest BCUT2D eigenvalue weighted by Crippen LogP contribution is 2.58. The van der Waals surface area contributed by atoms with E-state index < -0.39 is 0 Å². The number of rotatable bonds is 11. The highest BCUT2D eigenvalue weighted by molar-refractivity contribution is 5.87. The van der Waals surface area contributed by atoms with Gasteiger partial charge in [0.1, 0.15) is 5.75 Å². The largest absolute Gasteiger partial charge is 0.493 e. The van der Waals surface area contributed by atoms with Crippen molar-refractivity contribution in [3.63, 3.8) is 0 Å². The molecule has 12 nitrogen and oxygen atoms in total. The summed E-state index contributed by atoms with van der Waals surface area (Å²) in [6.07, 6.45) is 3.05. The second-order valence-corrected chi connectivity index (χ2v) is 14.1. The van der Waals surface area contributed by atoms with E-state index in [1.54, 1.807) is 49.8 Å². The number of benzene rings is 4. The highest BCUT2D eigenvalue weighted by Gasteiger charge is 2.40. The van der Waals surface area contributed by atoms with E-state index in [9.17, 15) is 0 Å². The van der Waals surface area contributed by atoms with Crippen LogP contribution >= 0.6 is 0 Å². The molecule has 12 heteroatoms. The van der Waals surface area contributed by atoms with Gasteiger partial charge >= 0.3 is 0 Å². The van der Waals surface area contributed by atoms with E-state index in [2.05, 4.69) is 42.1 Å². The van der Waals surface area contributed by atoms with Crippen molar-refractivity contribution in [2.24, 2.45) is 0 Å². The van der Waals surface area contributed by atoms with E-state index in [1.165, 1.54) is 5.56 Å². The molecule has 0 radical (unpaired) electrons. The Hall–Kier alpha value is -5.20. The molecule has 4 aromatic carbocycles. The minimum absolute atomic E-state index is 0.0185. The fraction of sp³-hybridized carbons (Fsp3) is 0.429. The summed E-state index contributed by atoms with van der Waals surface area (Å²) in [5.74, 6) is 7.06. The van der Waals surface area contributed by atoms with Crippen molar-refractivity contribution in [2.45, 2.75) is 37.8 Å². The third kappa shape index (κ3) is 5.57. The molecule has 0 saturated carbocycles. The summed E-state index contributed by atoms with van der Waals surface area (Å²) >= 11 is 0. The summed E-state index contributed by atoms with van der Waals surface area (Å²) in [6.45, 7) is 1.91. The predicted octanol–water partition coefficient (Wildman–Crippen LogP) is 6.79. The van der Waals surface area contributed by atoms with Crippen LogP contribution in [0.4, 0.5) is 0 Å². The van der Waals surface area contributed by atoms with Crippen molar-refractivity contribution in [2.75, 3.05) is 83.7 Å². The van der Waals surface area contributed by atoms with E-state index in [-0.39, 0.29) is 18.9 Å². The van der Waals surface area contributed by atoms with E-state index >= 15 is 0 Å². The minimum Gasteiger partial charge on any atom is -0.493 e. The predicted molar refractivity (Wildman–Crippen MR) is 202 cm³/mol. The van der Waals surface area contributed by atoms with Gasteiger partial charge in [-0.25, -0.2) is 0 Å². The van der Waals surface area contributed by atoms with Crippen molar-refractivity contribution in [1.29, 1.82) is 0 Å². The van der Waals surface area contributed by atoms with Gasteiger partial charge in [-0.15, -0.1) is 0 Å². The van der Waals surface area contributed by atoms with E-state index in [1.807, 2.05) is 12.1 Å². The first-order chi connectivity index (χ1) is 26.3. The summed E-state index contributed by atoms with van der Waals surface area (Å²) in [7, 11) is 15.9. The molecule has 0 aromatic heterocycles. The van der Waals surface area contributed by atoms with Crippen LogP contribution in [-0.2, 0) is 25.7 Å². The van der Waals surface area contributed by atoms with Crippen molar-refractivity contribution in [3.05, 3.63) is 63.7 Å². The number of nitrogens with zero attached hydrogens (tertiary/aromatic N) is 2. The van der Waals surface area contributed by atoms with E-state index in [0.29, 0.717) is 58.2 Å². The van der Waals surface area contributed by atoms with Crippen LogP contribution in [-0.4, -0.2) is 93.5 Å². The first kappa shape index (κ1) is 35.8. The fourth-order valence-electron chi connectivity index (χ4n) is 8.85. The van der Waals surface area contributed by atoms with Crippen LogP contribution in [0.15, 0.2) is 30.3 Å². The zero-order chi connectivity index (χ0) is 37.8. The summed E-state index contributed by atoms with van der Waals surface area (Å²) < 4.78 is 60.2. The normalized spacial score (nSPS) is 18.2. The quantitative estimate of drug-likeness (QED) is 0.162. The van der Waals surface area contributed by atoms with E-state index in [4.69, 9.17) is 47.4 Å². The number of hydrogen-bond donors (Lipinski definition) is 0. The number of hydrogen-bond acceptors (Lipinski definition) is 12. The maximum atomic E-state index is 6.94. The Balaban J connectivity index is 1.25. The molecule has 0 saturated heterocycles. The Morgan fingerprint density at radius 2 is 1.26 bits per heavy atom. The average molecular weight is 741 g/mol. The number of fused-ring (bicyclic) bond motifs is 5. The first-order valence-corrected chi connectivity index (χ1v) is 18.2. The maximum Gasteiger partial charge on any atom is 0.231 e. The molecule has 0 fully saturated rings. The van der Waals surface area contributed by atoms with Gasteiger partial charge in [-0.2, -0.15) is 0 Å². The molecule has 8 rings (SSSR count). The van der Waals surface area contributed by atoms with Crippen molar-refractivity contribution in [1.82, 2.24) is 9.80 Å². The molecule has 0 amide bonds. The Bertz CT molecular complexity index is 2120. The molecule has 3 aliphatic heterocycles. The Morgan fingerprint density at radius 1 is 0.611 bits per heavy atom. The van der Waals surface area contributed by atoms with Crippen molar-refractivity contribution < 1.29 is 47.4 Å². The molecule has 4 aliphatic rings. The number of methoxy groups -OCH3 is 7. The number of likely N-dealkylation sites (N-methyl/N-ethyl adjacent to an activating group) is 2.